The van der Waals surface area contributed by atoms with Gasteiger partial charge in [-0.15, -0.1) is 0 Å². The van der Waals surface area contributed by atoms with Crippen LogP contribution in [0.15, 0.2) is 30.3 Å². The molecule has 0 spiro atoms. The molecule has 2 heterocycles. The number of nitrogens with zero attached hydrogens (tertiary/aromatic N) is 1. The average Bonchev–Trinajstić information content (AvgIpc) is 3.15. The van der Waals surface area contributed by atoms with Crippen molar-refractivity contribution in [2.75, 3.05) is 18.9 Å². The lowest BCUT2D eigenvalue weighted by atomic mass is 9.88. The summed E-state index contributed by atoms with van der Waals surface area (Å²) in [4.78, 5) is 15.3. The van der Waals surface area contributed by atoms with E-state index in [-0.39, 0.29) is 17.9 Å². The van der Waals surface area contributed by atoms with Gasteiger partial charge in [0.1, 0.15) is 4.32 Å². The molecule has 0 aliphatic carbocycles. The van der Waals surface area contributed by atoms with Crippen LogP contribution in [0.25, 0.3) is 0 Å². The number of carbonyl (C=O) groups excluding carboxylic acids is 1. The summed E-state index contributed by atoms with van der Waals surface area (Å²) in [6, 6.07) is 10.2. The molecule has 3 rings (SSSR count). The highest BCUT2D eigenvalue weighted by molar-refractivity contribution is 8.23. The van der Waals surface area contributed by atoms with Crippen molar-refractivity contribution in [1.82, 2.24) is 4.90 Å². The number of benzene rings is 1. The van der Waals surface area contributed by atoms with E-state index in [0.29, 0.717) is 0 Å². The molecular weight excluding hydrogens is 386 g/mol. The number of thiocarbonyl (C=S) groups is 1. The van der Waals surface area contributed by atoms with E-state index in [1.54, 1.807) is 11.8 Å². The summed E-state index contributed by atoms with van der Waals surface area (Å²) in [6.07, 6.45) is 12.2. The van der Waals surface area contributed by atoms with E-state index in [1.165, 1.54) is 44.9 Å². The molecule has 0 radical (unpaired) electrons. The highest BCUT2D eigenvalue weighted by Gasteiger charge is 2.36. The molecule has 5 heteroatoms. The van der Waals surface area contributed by atoms with Gasteiger partial charge in [-0.2, -0.15) is 0 Å². The SMILES string of the molecule is O=C([C@H](c1ccccc1)[C@@H]1CCCCCCCCCCCO1)N1CCSC1=S. The number of thioether (sulfide) groups is 1. The third-order valence-corrected chi connectivity index (χ3v) is 7.22. The van der Waals surface area contributed by atoms with Gasteiger partial charge in [0.2, 0.25) is 5.91 Å². The van der Waals surface area contributed by atoms with Crippen LogP contribution in [0.2, 0.25) is 0 Å². The lowest BCUT2D eigenvalue weighted by molar-refractivity contribution is -0.132. The summed E-state index contributed by atoms with van der Waals surface area (Å²) in [5.41, 5.74) is 1.06. The minimum atomic E-state index is -0.261. The minimum Gasteiger partial charge on any atom is -0.377 e. The Hall–Kier alpha value is -0.910. The second-order valence-electron chi connectivity index (χ2n) is 7.87. The normalized spacial score (nSPS) is 24.1. The Morgan fingerprint density at radius 2 is 1.64 bits per heavy atom. The molecule has 0 unspecified atom stereocenters. The number of ether oxygens (including phenoxy) is 1. The molecule has 2 aliphatic rings. The van der Waals surface area contributed by atoms with Crippen LogP contribution in [-0.2, 0) is 9.53 Å². The monoisotopic (exact) mass is 419 g/mol. The number of hydrogen-bond donors (Lipinski definition) is 0. The van der Waals surface area contributed by atoms with Crippen LogP contribution in [0.3, 0.4) is 0 Å². The van der Waals surface area contributed by atoms with E-state index in [4.69, 9.17) is 17.0 Å². The molecule has 0 N–H and O–H groups in total. The fraction of sp³-hybridized carbons (Fsp3) is 0.652. The third-order valence-electron chi connectivity index (χ3n) is 5.79. The molecule has 154 valence electrons. The number of hydrogen-bond acceptors (Lipinski definition) is 4. The predicted octanol–water partition coefficient (Wildman–Crippen LogP) is 5.93. The zero-order chi connectivity index (χ0) is 19.6. The molecule has 2 aliphatic heterocycles. The van der Waals surface area contributed by atoms with Crippen molar-refractivity contribution in [2.45, 2.75) is 76.2 Å². The molecule has 0 bridgehead atoms. The molecule has 1 amide bonds. The highest BCUT2D eigenvalue weighted by atomic mass is 32.2. The second kappa shape index (κ2) is 11.9. The molecule has 28 heavy (non-hydrogen) atoms. The molecule has 2 atom stereocenters. The lowest BCUT2D eigenvalue weighted by Crippen LogP contribution is -2.40. The van der Waals surface area contributed by atoms with Crippen LogP contribution in [0.1, 0.15) is 75.7 Å². The molecule has 1 aromatic carbocycles. The van der Waals surface area contributed by atoms with E-state index in [1.807, 2.05) is 23.1 Å². The maximum atomic E-state index is 13.5. The van der Waals surface area contributed by atoms with Crippen molar-refractivity contribution in [3.8, 4) is 0 Å². The van der Waals surface area contributed by atoms with Gasteiger partial charge in [0, 0.05) is 18.9 Å². The van der Waals surface area contributed by atoms with Gasteiger partial charge in [-0.3, -0.25) is 9.69 Å². The lowest BCUT2D eigenvalue weighted by Gasteiger charge is -2.30. The first-order valence-corrected chi connectivity index (χ1v) is 12.3. The van der Waals surface area contributed by atoms with Crippen LogP contribution in [0, 0.1) is 0 Å². The van der Waals surface area contributed by atoms with E-state index in [0.717, 1.165) is 48.1 Å². The Kier molecular flexibility index (Phi) is 9.29. The fourth-order valence-corrected chi connectivity index (χ4v) is 5.42. The Balaban J connectivity index is 1.78. The zero-order valence-electron chi connectivity index (χ0n) is 16.8. The molecule has 0 aromatic heterocycles. The summed E-state index contributed by atoms with van der Waals surface area (Å²) in [6.45, 7) is 1.47. The van der Waals surface area contributed by atoms with Crippen molar-refractivity contribution >= 4 is 34.2 Å². The quantitative estimate of drug-likeness (QED) is 0.568. The summed E-state index contributed by atoms with van der Waals surface area (Å²) in [5.74, 6) is 0.760. The van der Waals surface area contributed by atoms with Gasteiger partial charge in [0.25, 0.3) is 0 Å². The van der Waals surface area contributed by atoms with E-state index >= 15 is 0 Å². The van der Waals surface area contributed by atoms with Crippen LogP contribution < -0.4 is 0 Å². The molecule has 1 aromatic rings. The molecule has 0 saturated carbocycles. The van der Waals surface area contributed by atoms with Crippen LogP contribution in [0.4, 0.5) is 0 Å². The van der Waals surface area contributed by atoms with Gasteiger partial charge in [-0.1, -0.05) is 106 Å². The molecule has 2 saturated heterocycles. The van der Waals surface area contributed by atoms with Crippen LogP contribution in [-0.4, -0.2) is 40.1 Å². The number of amides is 1. The van der Waals surface area contributed by atoms with Crippen LogP contribution >= 0.6 is 24.0 Å². The Bertz CT molecular complexity index is 608. The third kappa shape index (κ3) is 6.30. The summed E-state index contributed by atoms with van der Waals surface area (Å²) < 4.78 is 7.11. The van der Waals surface area contributed by atoms with Crippen molar-refractivity contribution in [3.05, 3.63) is 35.9 Å². The van der Waals surface area contributed by atoms with E-state index in [9.17, 15) is 4.79 Å². The van der Waals surface area contributed by atoms with Gasteiger partial charge in [0.05, 0.1) is 12.0 Å². The van der Waals surface area contributed by atoms with Gasteiger partial charge in [-0.25, -0.2) is 0 Å². The van der Waals surface area contributed by atoms with Gasteiger partial charge < -0.3 is 4.74 Å². The molecule has 3 nitrogen and oxygen atoms in total. The van der Waals surface area contributed by atoms with Gasteiger partial charge in [0.15, 0.2) is 0 Å². The Morgan fingerprint density at radius 1 is 1.00 bits per heavy atom. The first kappa shape index (κ1) is 21.8. The van der Waals surface area contributed by atoms with Crippen molar-refractivity contribution in [3.63, 3.8) is 0 Å². The topological polar surface area (TPSA) is 29.5 Å². The molecule has 2 fully saturated rings. The second-order valence-corrected chi connectivity index (χ2v) is 9.60. The minimum absolute atomic E-state index is 0.0657. The maximum absolute atomic E-state index is 13.5. The fourth-order valence-electron chi connectivity index (χ4n) is 4.20. The highest BCUT2D eigenvalue weighted by Crippen LogP contribution is 2.31. The Labute approximate surface area is 179 Å². The summed E-state index contributed by atoms with van der Waals surface area (Å²) in [5, 5.41) is 0. The van der Waals surface area contributed by atoms with Gasteiger partial charge in [-0.05, 0) is 18.4 Å². The van der Waals surface area contributed by atoms with Crippen molar-refractivity contribution < 1.29 is 9.53 Å². The predicted molar refractivity (Wildman–Crippen MR) is 122 cm³/mol. The number of carbonyl (C=O) groups is 1. The van der Waals surface area contributed by atoms with E-state index in [2.05, 4.69) is 12.1 Å². The first-order chi connectivity index (χ1) is 13.8. The smallest absolute Gasteiger partial charge is 0.238 e. The zero-order valence-corrected chi connectivity index (χ0v) is 18.4. The standard InChI is InChI=1S/C23H33NO2S2/c25-22(24-16-18-28-23(24)27)21(19-13-9-8-10-14-19)20-15-11-6-4-2-1-3-5-7-12-17-26-20/h8-10,13-14,20-21H,1-7,11-12,15-18H2/t20-,21+/m0/s1. The largest absolute Gasteiger partial charge is 0.377 e. The molecular formula is C23H33NO2S2. The van der Waals surface area contributed by atoms with Crippen molar-refractivity contribution in [2.24, 2.45) is 0 Å². The van der Waals surface area contributed by atoms with E-state index < -0.39 is 0 Å². The van der Waals surface area contributed by atoms with Crippen molar-refractivity contribution in [1.29, 1.82) is 0 Å². The van der Waals surface area contributed by atoms with Gasteiger partial charge >= 0.3 is 0 Å². The maximum Gasteiger partial charge on any atom is 0.238 e. The average molecular weight is 420 g/mol. The van der Waals surface area contributed by atoms with Crippen LogP contribution in [0.5, 0.6) is 0 Å². The summed E-state index contributed by atoms with van der Waals surface area (Å²) >= 11 is 7.06. The first-order valence-electron chi connectivity index (χ1n) is 10.9. The summed E-state index contributed by atoms with van der Waals surface area (Å²) in [7, 11) is 0. The Morgan fingerprint density at radius 3 is 2.29 bits per heavy atom. The number of rotatable bonds is 3.